The molecule has 0 radical (unpaired) electrons. The van der Waals surface area contributed by atoms with Crippen LogP contribution in [0.15, 0.2) is 0 Å². The van der Waals surface area contributed by atoms with E-state index in [-0.39, 0.29) is 17.9 Å². The van der Waals surface area contributed by atoms with Gasteiger partial charge in [-0.1, -0.05) is 6.92 Å². The average Bonchev–Trinajstić information content (AvgIpc) is 2.48. The minimum absolute atomic E-state index is 0.00923. The van der Waals surface area contributed by atoms with Gasteiger partial charge < -0.3 is 20.0 Å². The molecule has 0 bridgehead atoms. The van der Waals surface area contributed by atoms with Gasteiger partial charge in [0.2, 0.25) is 5.91 Å². The number of rotatable bonds is 5. The van der Waals surface area contributed by atoms with Crippen molar-refractivity contribution >= 4 is 11.9 Å². The van der Waals surface area contributed by atoms with E-state index in [1.54, 1.807) is 0 Å². The molecule has 116 valence electrons. The minimum Gasteiger partial charge on any atom is -0.339 e. The quantitative estimate of drug-likeness (QED) is 0.797. The van der Waals surface area contributed by atoms with Crippen molar-refractivity contribution in [3.63, 3.8) is 0 Å². The van der Waals surface area contributed by atoms with Gasteiger partial charge >= 0.3 is 6.03 Å². The molecule has 0 aliphatic carbocycles. The molecule has 0 saturated carbocycles. The first-order valence-electron chi connectivity index (χ1n) is 7.52. The van der Waals surface area contributed by atoms with Crippen LogP contribution >= 0.6 is 0 Å². The van der Waals surface area contributed by atoms with Crippen LogP contribution in [0.2, 0.25) is 0 Å². The predicted octanol–water partition coefficient (Wildman–Crippen LogP) is 0.448. The topological polar surface area (TPSA) is 55.9 Å². The lowest BCUT2D eigenvalue weighted by Crippen LogP contribution is -2.55. The van der Waals surface area contributed by atoms with Crippen molar-refractivity contribution in [2.24, 2.45) is 5.92 Å². The van der Waals surface area contributed by atoms with Crippen molar-refractivity contribution < 1.29 is 9.59 Å². The summed E-state index contributed by atoms with van der Waals surface area (Å²) >= 11 is 0. The Morgan fingerprint density at radius 3 is 2.05 bits per heavy atom. The lowest BCUT2D eigenvalue weighted by molar-refractivity contribution is -0.136. The molecular weight excluding hydrogens is 256 g/mol. The van der Waals surface area contributed by atoms with Gasteiger partial charge in [0.15, 0.2) is 0 Å². The van der Waals surface area contributed by atoms with E-state index in [0.29, 0.717) is 32.7 Å². The third-order valence-corrected chi connectivity index (χ3v) is 3.83. The zero-order valence-corrected chi connectivity index (χ0v) is 13.2. The molecule has 1 aliphatic rings. The number of urea groups is 1. The van der Waals surface area contributed by atoms with Gasteiger partial charge in [0.25, 0.3) is 0 Å². The summed E-state index contributed by atoms with van der Waals surface area (Å²) in [6, 6.07) is 0.0883. The molecule has 0 spiro atoms. The number of piperazine rings is 1. The second kappa shape index (κ2) is 8.09. The first-order valence-corrected chi connectivity index (χ1v) is 7.52. The average molecular weight is 284 g/mol. The van der Waals surface area contributed by atoms with Crippen molar-refractivity contribution in [3.8, 4) is 0 Å². The molecule has 1 rings (SSSR count). The summed E-state index contributed by atoms with van der Waals surface area (Å²) < 4.78 is 0. The Balaban J connectivity index is 2.47. The van der Waals surface area contributed by atoms with E-state index in [1.807, 2.05) is 42.5 Å². The Morgan fingerprint density at radius 1 is 1.10 bits per heavy atom. The molecule has 1 aliphatic heterocycles. The molecule has 20 heavy (non-hydrogen) atoms. The summed E-state index contributed by atoms with van der Waals surface area (Å²) in [4.78, 5) is 29.9. The second-order valence-electron chi connectivity index (χ2n) is 5.23. The molecular formula is C14H28N4O2. The van der Waals surface area contributed by atoms with Gasteiger partial charge in [-0.15, -0.1) is 0 Å². The SMILES string of the molecule is CCN(CC)C(=O)N1CCN(C(=O)C(C)CNC)CC1. The summed E-state index contributed by atoms with van der Waals surface area (Å²) in [5.41, 5.74) is 0. The van der Waals surface area contributed by atoms with E-state index in [4.69, 9.17) is 0 Å². The monoisotopic (exact) mass is 284 g/mol. The summed E-state index contributed by atoms with van der Waals surface area (Å²) in [7, 11) is 1.85. The third-order valence-electron chi connectivity index (χ3n) is 3.83. The van der Waals surface area contributed by atoms with E-state index in [9.17, 15) is 9.59 Å². The maximum atomic E-state index is 12.2. The number of nitrogens with zero attached hydrogens (tertiary/aromatic N) is 3. The van der Waals surface area contributed by atoms with Gasteiger partial charge in [0.05, 0.1) is 0 Å². The summed E-state index contributed by atoms with van der Waals surface area (Å²) in [6.07, 6.45) is 0. The highest BCUT2D eigenvalue weighted by Gasteiger charge is 2.27. The highest BCUT2D eigenvalue weighted by atomic mass is 16.2. The van der Waals surface area contributed by atoms with Gasteiger partial charge in [-0.3, -0.25) is 4.79 Å². The highest BCUT2D eigenvalue weighted by Crippen LogP contribution is 2.09. The molecule has 1 saturated heterocycles. The molecule has 0 aromatic carbocycles. The Bertz CT molecular complexity index is 323. The molecule has 3 amide bonds. The number of carbonyl (C=O) groups excluding carboxylic acids is 2. The summed E-state index contributed by atoms with van der Waals surface area (Å²) in [5.74, 6) is 0.166. The maximum Gasteiger partial charge on any atom is 0.320 e. The number of hydrogen-bond acceptors (Lipinski definition) is 3. The molecule has 1 heterocycles. The fourth-order valence-corrected chi connectivity index (χ4v) is 2.52. The molecule has 0 aromatic rings. The summed E-state index contributed by atoms with van der Waals surface area (Å²) in [5, 5.41) is 3.03. The van der Waals surface area contributed by atoms with Crippen LogP contribution in [0.1, 0.15) is 20.8 Å². The number of amides is 3. The van der Waals surface area contributed by atoms with Crippen molar-refractivity contribution in [1.82, 2.24) is 20.0 Å². The standard InChI is InChI=1S/C14H28N4O2/c1-5-16(6-2)14(20)18-9-7-17(8-10-18)13(19)12(3)11-15-4/h12,15H,5-11H2,1-4H3. The zero-order valence-electron chi connectivity index (χ0n) is 13.2. The van der Waals surface area contributed by atoms with Gasteiger partial charge in [-0.25, -0.2) is 4.79 Å². The molecule has 1 N–H and O–H groups in total. The lowest BCUT2D eigenvalue weighted by Gasteiger charge is -2.38. The van der Waals surface area contributed by atoms with E-state index in [0.717, 1.165) is 13.1 Å². The van der Waals surface area contributed by atoms with E-state index in [2.05, 4.69) is 5.32 Å². The third kappa shape index (κ3) is 4.10. The molecule has 0 aromatic heterocycles. The van der Waals surface area contributed by atoms with Gasteiger partial charge in [0, 0.05) is 51.7 Å². The van der Waals surface area contributed by atoms with E-state index >= 15 is 0 Å². The minimum atomic E-state index is -0.00923. The molecule has 1 atom stereocenters. The van der Waals surface area contributed by atoms with E-state index in [1.165, 1.54) is 0 Å². The fourth-order valence-electron chi connectivity index (χ4n) is 2.52. The number of hydrogen-bond donors (Lipinski definition) is 1. The number of nitrogens with one attached hydrogen (secondary N) is 1. The van der Waals surface area contributed by atoms with E-state index < -0.39 is 0 Å². The van der Waals surface area contributed by atoms with Crippen molar-refractivity contribution in [1.29, 1.82) is 0 Å². The first-order chi connectivity index (χ1) is 9.54. The Labute approximate surface area is 122 Å². The highest BCUT2D eigenvalue weighted by molar-refractivity contribution is 5.79. The molecule has 1 unspecified atom stereocenters. The smallest absolute Gasteiger partial charge is 0.320 e. The van der Waals surface area contributed by atoms with Crippen LogP contribution in [0, 0.1) is 5.92 Å². The maximum absolute atomic E-state index is 12.2. The fraction of sp³-hybridized carbons (Fsp3) is 0.857. The lowest BCUT2D eigenvalue weighted by atomic mass is 10.1. The van der Waals surface area contributed by atoms with Crippen LogP contribution in [0.25, 0.3) is 0 Å². The van der Waals surface area contributed by atoms with Crippen molar-refractivity contribution in [3.05, 3.63) is 0 Å². The van der Waals surface area contributed by atoms with Crippen molar-refractivity contribution in [2.45, 2.75) is 20.8 Å². The Morgan fingerprint density at radius 2 is 1.60 bits per heavy atom. The number of carbonyl (C=O) groups is 2. The molecule has 6 nitrogen and oxygen atoms in total. The summed E-state index contributed by atoms with van der Waals surface area (Å²) in [6.45, 7) is 10.6. The van der Waals surface area contributed by atoms with Crippen LogP contribution < -0.4 is 5.32 Å². The van der Waals surface area contributed by atoms with Crippen LogP contribution in [0.3, 0.4) is 0 Å². The van der Waals surface area contributed by atoms with Crippen LogP contribution in [-0.2, 0) is 4.79 Å². The zero-order chi connectivity index (χ0) is 15.1. The Kier molecular flexibility index (Phi) is 6.78. The van der Waals surface area contributed by atoms with Crippen LogP contribution in [-0.4, -0.2) is 79.5 Å². The van der Waals surface area contributed by atoms with Gasteiger partial charge in [-0.2, -0.15) is 0 Å². The Hall–Kier alpha value is -1.30. The molecule has 6 heteroatoms. The predicted molar refractivity (Wildman–Crippen MR) is 79.6 cm³/mol. The van der Waals surface area contributed by atoms with Crippen LogP contribution in [0.4, 0.5) is 4.79 Å². The van der Waals surface area contributed by atoms with Gasteiger partial charge in [0.1, 0.15) is 0 Å². The van der Waals surface area contributed by atoms with Crippen LogP contribution in [0.5, 0.6) is 0 Å². The van der Waals surface area contributed by atoms with Crippen molar-refractivity contribution in [2.75, 3.05) is 52.9 Å². The molecule has 1 fully saturated rings. The normalized spacial score (nSPS) is 17.0. The van der Waals surface area contributed by atoms with Gasteiger partial charge in [-0.05, 0) is 20.9 Å². The first kappa shape index (κ1) is 16.8. The second-order valence-corrected chi connectivity index (χ2v) is 5.23. The largest absolute Gasteiger partial charge is 0.339 e.